The molecule has 0 radical (unpaired) electrons. The van der Waals surface area contributed by atoms with E-state index in [0.717, 1.165) is 51.4 Å². The molecule has 0 bridgehead atoms. The minimum atomic E-state index is -0.460. The van der Waals surface area contributed by atoms with Gasteiger partial charge in [0, 0.05) is 45.1 Å². The number of hydrogen-bond acceptors (Lipinski definition) is 6. The van der Waals surface area contributed by atoms with Crippen LogP contribution in [0.2, 0.25) is 0 Å². The highest BCUT2D eigenvalue weighted by atomic mass is 16.5. The number of piperazine rings is 1. The number of benzene rings is 1. The first-order valence-corrected chi connectivity index (χ1v) is 9.91. The molecule has 1 aliphatic carbocycles. The van der Waals surface area contributed by atoms with Gasteiger partial charge in [0.1, 0.15) is 0 Å². The Morgan fingerprint density at radius 1 is 1.07 bits per heavy atom. The van der Waals surface area contributed by atoms with Crippen LogP contribution in [0.25, 0.3) is 0 Å². The number of aliphatic hydroxyl groups is 1. The maximum atomic E-state index is 10.5. The number of β-amino-alcohol motifs (C(OH)–C–C–N with tert-alkyl or cyclic N) is 1. The van der Waals surface area contributed by atoms with Gasteiger partial charge in [0.25, 0.3) is 0 Å². The molecule has 1 saturated heterocycles. The van der Waals surface area contributed by atoms with Crippen molar-refractivity contribution in [3.8, 4) is 0 Å². The average Bonchev–Trinajstić information content (AvgIpc) is 2.73. The molecule has 4 rings (SSSR count). The number of aliphatic hydroxyl groups excluding tert-OH is 1. The van der Waals surface area contributed by atoms with E-state index >= 15 is 0 Å². The van der Waals surface area contributed by atoms with E-state index in [1.54, 1.807) is 12.4 Å². The molecule has 27 heavy (non-hydrogen) atoms. The molecular weight excluding hydrogens is 340 g/mol. The summed E-state index contributed by atoms with van der Waals surface area (Å²) < 4.78 is 6.10. The van der Waals surface area contributed by atoms with Crippen LogP contribution in [0.4, 0.5) is 5.95 Å². The van der Waals surface area contributed by atoms with Crippen molar-refractivity contribution in [1.82, 2.24) is 14.9 Å². The molecule has 1 aromatic heterocycles. The summed E-state index contributed by atoms with van der Waals surface area (Å²) in [5, 5.41) is 10.5. The summed E-state index contributed by atoms with van der Waals surface area (Å²) in [6, 6.07) is 10.4. The maximum Gasteiger partial charge on any atom is 0.225 e. The number of aromatic nitrogens is 2. The van der Waals surface area contributed by atoms with Gasteiger partial charge in [0.15, 0.2) is 0 Å². The number of ether oxygens (including phenoxy) is 1. The zero-order valence-electron chi connectivity index (χ0n) is 15.7. The summed E-state index contributed by atoms with van der Waals surface area (Å²) in [4.78, 5) is 13.1. The Morgan fingerprint density at radius 2 is 1.85 bits per heavy atom. The van der Waals surface area contributed by atoms with E-state index in [2.05, 4.69) is 44.0 Å². The fourth-order valence-corrected chi connectivity index (χ4v) is 4.05. The van der Waals surface area contributed by atoms with Crippen molar-refractivity contribution in [2.24, 2.45) is 0 Å². The Morgan fingerprint density at radius 3 is 2.67 bits per heavy atom. The lowest BCUT2D eigenvalue weighted by atomic mass is 9.89. The van der Waals surface area contributed by atoms with Crippen LogP contribution >= 0.6 is 0 Å². The molecule has 1 N–H and O–H groups in total. The first-order chi connectivity index (χ1) is 13.3. The second-order valence-electron chi connectivity index (χ2n) is 7.40. The van der Waals surface area contributed by atoms with E-state index in [1.807, 2.05) is 6.07 Å². The minimum absolute atomic E-state index is 0.122. The van der Waals surface area contributed by atoms with Crippen molar-refractivity contribution >= 4 is 5.95 Å². The molecule has 0 amide bonds. The van der Waals surface area contributed by atoms with Gasteiger partial charge in [0.2, 0.25) is 5.95 Å². The molecule has 1 aromatic carbocycles. The Kier molecular flexibility index (Phi) is 5.97. The number of hydrogen-bond donors (Lipinski definition) is 1. The normalized spacial score (nSPS) is 21.7. The molecule has 6 nitrogen and oxygen atoms in total. The topological polar surface area (TPSA) is 61.7 Å². The highest BCUT2D eigenvalue weighted by Crippen LogP contribution is 2.32. The number of anilines is 1. The lowest BCUT2D eigenvalue weighted by Gasteiger charge is -2.35. The number of aryl methyl sites for hydroxylation is 1. The van der Waals surface area contributed by atoms with Crippen LogP contribution < -0.4 is 4.90 Å². The van der Waals surface area contributed by atoms with Crippen LogP contribution in [-0.4, -0.2) is 65.4 Å². The molecule has 6 heteroatoms. The van der Waals surface area contributed by atoms with E-state index in [4.69, 9.17) is 4.74 Å². The fourth-order valence-electron chi connectivity index (χ4n) is 4.05. The Bertz CT molecular complexity index is 719. The van der Waals surface area contributed by atoms with Crippen molar-refractivity contribution in [3.63, 3.8) is 0 Å². The Labute approximate surface area is 160 Å². The van der Waals surface area contributed by atoms with Crippen LogP contribution in [0.3, 0.4) is 0 Å². The molecule has 1 aliphatic heterocycles. The number of rotatable bonds is 6. The van der Waals surface area contributed by atoms with Gasteiger partial charge < -0.3 is 14.7 Å². The van der Waals surface area contributed by atoms with E-state index in [1.165, 1.54) is 11.1 Å². The van der Waals surface area contributed by atoms with Gasteiger partial charge in [-0.15, -0.1) is 0 Å². The van der Waals surface area contributed by atoms with Crippen molar-refractivity contribution < 1.29 is 9.84 Å². The highest BCUT2D eigenvalue weighted by Gasteiger charge is 2.23. The van der Waals surface area contributed by atoms with E-state index in [0.29, 0.717) is 13.2 Å². The second-order valence-corrected chi connectivity index (χ2v) is 7.40. The fraction of sp³-hybridized carbons (Fsp3) is 0.524. The van der Waals surface area contributed by atoms with Crippen molar-refractivity contribution in [2.45, 2.75) is 31.5 Å². The number of nitrogens with zero attached hydrogens (tertiary/aromatic N) is 4. The van der Waals surface area contributed by atoms with Gasteiger partial charge in [-0.25, -0.2) is 9.97 Å². The van der Waals surface area contributed by atoms with Crippen LogP contribution in [-0.2, 0) is 11.2 Å². The summed E-state index contributed by atoms with van der Waals surface area (Å²) in [7, 11) is 0. The number of fused-ring (bicyclic) bond motifs is 1. The maximum absolute atomic E-state index is 10.5. The molecule has 2 unspecified atom stereocenters. The van der Waals surface area contributed by atoms with Crippen molar-refractivity contribution in [2.75, 3.05) is 44.2 Å². The van der Waals surface area contributed by atoms with Gasteiger partial charge in [-0.2, -0.15) is 0 Å². The van der Waals surface area contributed by atoms with Gasteiger partial charge >= 0.3 is 0 Å². The lowest BCUT2D eigenvalue weighted by Crippen LogP contribution is -2.49. The highest BCUT2D eigenvalue weighted by molar-refractivity contribution is 5.31. The Balaban J connectivity index is 1.22. The molecule has 2 aromatic rings. The standard InChI is InChI=1S/C21H28N4O2/c26-18(16-27-20-8-3-6-17-5-1-2-7-19(17)20)15-24-11-13-25(14-12-24)21-22-9-4-10-23-21/h1-2,4-5,7,9-10,18,20,26H,3,6,8,11-16H2. The van der Waals surface area contributed by atoms with Crippen LogP contribution in [0, 0.1) is 0 Å². The van der Waals surface area contributed by atoms with Crippen LogP contribution in [0.15, 0.2) is 42.7 Å². The SMILES string of the molecule is OC(COC1CCCc2ccccc21)CN1CCN(c2ncccn2)CC1. The Hall–Kier alpha value is -2.02. The van der Waals surface area contributed by atoms with Gasteiger partial charge in [-0.1, -0.05) is 24.3 Å². The zero-order chi connectivity index (χ0) is 18.5. The monoisotopic (exact) mass is 368 g/mol. The molecule has 0 saturated carbocycles. The first kappa shape index (κ1) is 18.3. The van der Waals surface area contributed by atoms with E-state index in [-0.39, 0.29) is 6.10 Å². The zero-order valence-corrected chi connectivity index (χ0v) is 15.7. The van der Waals surface area contributed by atoms with Crippen molar-refractivity contribution in [3.05, 3.63) is 53.9 Å². The van der Waals surface area contributed by atoms with E-state index in [9.17, 15) is 5.11 Å². The molecule has 1 fully saturated rings. The van der Waals surface area contributed by atoms with Crippen LogP contribution in [0.5, 0.6) is 0 Å². The molecule has 2 aliphatic rings. The van der Waals surface area contributed by atoms with Gasteiger partial charge in [-0.05, 0) is 36.5 Å². The van der Waals surface area contributed by atoms with Gasteiger partial charge in [-0.3, -0.25) is 4.90 Å². The third kappa shape index (κ3) is 4.64. The molecular formula is C21H28N4O2. The molecule has 144 valence electrons. The predicted molar refractivity (Wildman–Crippen MR) is 105 cm³/mol. The van der Waals surface area contributed by atoms with E-state index < -0.39 is 6.10 Å². The van der Waals surface area contributed by atoms with Gasteiger partial charge in [0.05, 0.1) is 18.8 Å². The summed E-state index contributed by atoms with van der Waals surface area (Å²) in [5.74, 6) is 0.789. The average molecular weight is 368 g/mol. The smallest absolute Gasteiger partial charge is 0.225 e. The van der Waals surface area contributed by atoms with Crippen LogP contribution in [0.1, 0.15) is 30.1 Å². The summed E-state index contributed by atoms with van der Waals surface area (Å²) >= 11 is 0. The molecule has 2 heterocycles. The lowest BCUT2D eigenvalue weighted by molar-refractivity contribution is -0.0285. The first-order valence-electron chi connectivity index (χ1n) is 9.91. The summed E-state index contributed by atoms with van der Waals surface area (Å²) in [5.41, 5.74) is 2.69. The predicted octanol–water partition coefficient (Wildman–Crippen LogP) is 2.05. The summed E-state index contributed by atoms with van der Waals surface area (Å²) in [6.07, 6.45) is 6.54. The largest absolute Gasteiger partial charge is 0.389 e. The molecule has 2 atom stereocenters. The quantitative estimate of drug-likeness (QED) is 0.842. The third-order valence-electron chi connectivity index (χ3n) is 5.48. The minimum Gasteiger partial charge on any atom is -0.389 e. The summed E-state index contributed by atoms with van der Waals surface area (Å²) in [6.45, 7) is 4.61. The van der Waals surface area contributed by atoms with Crippen molar-refractivity contribution in [1.29, 1.82) is 0 Å². The third-order valence-corrected chi connectivity index (χ3v) is 5.48. The second kappa shape index (κ2) is 8.78. The molecule has 0 spiro atoms.